The lowest BCUT2D eigenvalue weighted by atomic mass is 9.93. The summed E-state index contributed by atoms with van der Waals surface area (Å²) in [6, 6.07) is 4.05. The number of rotatable bonds is 1. The fourth-order valence-corrected chi connectivity index (χ4v) is 3.50. The number of hydrogen-bond acceptors (Lipinski definition) is 3. The molecular formula is C18H20O3. The first kappa shape index (κ1) is 13.9. The Balaban J connectivity index is 2.33. The molecule has 1 aliphatic carbocycles. The molecule has 21 heavy (non-hydrogen) atoms. The Kier molecular flexibility index (Phi) is 3.16. The van der Waals surface area contributed by atoms with E-state index in [1.165, 1.54) is 0 Å². The summed E-state index contributed by atoms with van der Waals surface area (Å²) in [6.45, 7) is 7.97. The smallest absolute Gasteiger partial charge is 0.347 e. The molecule has 0 bridgehead atoms. The topological polar surface area (TPSA) is 50.4 Å². The molecule has 1 aliphatic rings. The van der Waals surface area contributed by atoms with Crippen LogP contribution < -0.4 is 5.63 Å². The zero-order valence-corrected chi connectivity index (χ0v) is 12.9. The molecule has 1 unspecified atom stereocenters. The predicted molar refractivity (Wildman–Crippen MR) is 83.0 cm³/mol. The molecule has 2 aromatic rings. The van der Waals surface area contributed by atoms with Gasteiger partial charge in [0.25, 0.3) is 0 Å². The van der Waals surface area contributed by atoms with Gasteiger partial charge in [0, 0.05) is 11.5 Å². The van der Waals surface area contributed by atoms with Gasteiger partial charge in [0.1, 0.15) is 17.1 Å². The predicted octanol–water partition coefficient (Wildman–Crippen LogP) is 3.99. The van der Waals surface area contributed by atoms with E-state index in [0.717, 1.165) is 40.7 Å². The van der Waals surface area contributed by atoms with Gasteiger partial charge in [-0.25, -0.2) is 4.79 Å². The summed E-state index contributed by atoms with van der Waals surface area (Å²) >= 11 is 0. The van der Waals surface area contributed by atoms with Gasteiger partial charge in [0.15, 0.2) is 0 Å². The van der Waals surface area contributed by atoms with Crippen LogP contribution >= 0.6 is 0 Å². The second kappa shape index (κ2) is 4.76. The molecule has 110 valence electrons. The maximum Gasteiger partial charge on any atom is 0.347 e. The number of aryl methyl sites for hydroxylation is 3. The summed E-state index contributed by atoms with van der Waals surface area (Å²) in [5, 5.41) is 10.6. The van der Waals surface area contributed by atoms with E-state index in [1.807, 2.05) is 39.8 Å². The lowest BCUT2D eigenvalue weighted by Gasteiger charge is -2.14. The van der Waals surface area contributed by atoms with Gasteiger partial charge in [0.05, 0.1) is 0 Å². The van der Waals surface area contributed by atoms with E-state index >= 15 is 0 Å². The van der Waals surface area contributed by atoms with Gasteiger partial charge in [-0.15, -0.1) is 0 Å². The molecule has 1 aromatic carbocycles. The third-order valence-corrected chi connectivity index (χ3v) is 4.43. The molecule has 3 heteroatoms. The van der Waals surface area contributed by atoms with E-state index in [9.17, 15) is 9.90 Å². The molecule has 0 aliphatic heterocycles. The summed E-state index contributed by atoms with van der Waals surface area (Å²) in [5.74, 6) is 0.970. The number of aromatic hydroxyl groups is 1. The van der Waals surface area contributed by atoms with Crippen molar-refractivity contribution in [2.24, 2.45) is 0 Å². The second-order valence-corrected chi connectivity index (χ2v) is 6.17. The Morgan fingerprint density at radius 3 is 2.38 bits per heavy atom. The molecule has 0 saturated heterocycles. The summed E-state index contributed by atoms with van der Waals surface area (Å²) in [5.41, 5.74) is 4.60. The molecular weight excluding hydrogens is 264 g/mol. The first-order valence-electron chi connectivity index (χ1n) is 7.37. The van der Waals surface area contributed by atoms with Crippen molar-refractivity contribution in [1.82, 2.24) is 0 Å². The van der Waals surface area contributed by atoms with E-state index in [4.69, 9.17) is 4.42 Å². The molecule has 0 amide bonds. The molecule has 1 N–H and O–H groups in total. The third-order valence-electron chi connectivity index (χ3n) is 4.43. The van der Waals surface area contributed by atoms with Crippen molar-refractivity contribution in [2.45, 2.75) is 46.5 Å². The van der Waals surface area contributed by atoms with Crippen LogP contribution in [-0.4, -0.2) is 5.11 Å². The Morgan fingerprint density at radius 2 is 1.76 bits per heavy atom. The van der Waals surface area contributed by atoms with Gasteiger partial charge in [-0.3, -0.25) is 0 Å². The van der Waals surface area contributed by atoms with Crippen molar-refractivity contribution in [1.29, 1.82) is 0 Å². The monoisotopic (exact) mass is 284 g/mol. The normalized spacial score (nSPS) is 17.0. The largest absolute Gasteiger partial charge is 0.507 e. The van der Waals surface area contributed by atoms with E-state index in [-0.39, 0.29) is 11.7 Å². The van der Waals surface area contributed by atoms with Gasteiger partial charge in [-0.2, -0.15) is 0 Å². The minimum absolute atomic E-state index is 0.112. The fraction of sp³-hybridized carbons (Fsp3) is 0.389. The van der Waals surface area contributed by atoms with Crippen LogP contribution in [0.2, 0.25) is 0 Å². The quantitative estimate of drug-likeness (QED) is 0.861. The third kappa shape index (κ3) is 2.08. The van der Waals surface area contributed by atoms with Crippen molar-refractivity contribution in [3.05, 3.63) is 50.6 Å². The minimum atomic E-state index is -0.435. The van der Waals surface area contributed by atoms with Gasteiger partial charge in [-0.1, -0.05) is 24.6 Å². The molecule has 0 spiro atoms. The van der Waals surface area contributed by atoms with Crippen LogP contribution in [0.25, 0.3) is 11.1 Å². The molecule has 0 radical (unpaired) electrons. The zero-order chi connectivity index (χ0) is 15.3. The average Bonchev–Trinajstić information content (AvgIpc) is 2.74. The Hall–Kier alpha value is -2.03. The van der Waals surface area contributed by atoms with Crippen LogP contribution in [0.1, 0.15) is 47.3 Å². The number of hydrogen-bond donors (Lipinski definition) is 1. The van der Waals surface area contributed by atoms with Crippen molar-refractivity contribution in [3.8, 4) is 16.9 Å². The van der Waals surface area contributed by atoms with Crippen LogP contribution in [0, 0.1) is 20.8 Å². The fourth-order valence-electron chi connectivity index (χ4n) is 3.50. The summed E-state index contributed by atoms with van der Waals surface area (Å²) < 4.78 is 5.52. The van der Waals surface area contributed by atoms with Crippen molar-refractivity contribution < 1.29 is 9.52 Å². The Morgan fingerprint density at radius 1 is 1.14 bits per heavy atom. The first-order valence-corrected chi connectivity index (χ1v) is 7.37. The Bertz CT molecular complexity index is 761. The zero-order valence-electron chi connectivity index (χ0n) is 12.9. The van der Waals surface area contributed by atoms with Gasteiger partial charge in [-0.05, 0) is 50.3 Å². The molecule has 1 heterocycles. The van der Waals surface area contributed by atoms with E-state index in [1.54, 1.807) is 0 Å². The van der Waals surface area contributed by atoms with E-state index in [0.29, 0.717) is 11.3 Å². The van der Waals surface area contributed by atoms with E-state index < -0.39 is 5.63 Å². The average molecular weight is 284 g/mol. The summed E-state index contributed by atoms with van der Waals surface area (Å²) in [4.78, 5) is 12.4. The maximum absolute atomic E-state index is 12.4. The number of fused-ring (bicyclic) bond motifs is 1. The Labute approximate surface area is 124 Å². The molecule has 1 aromatic heterocycles. The van der Waals surface area contributed by atoms with Crippen molar-refractivity contribution in [3.63, 3.8) is 0 Å². The van der Waals surface area contributed by atoms with Crippen molar-refractivity contribution in [2.75, 3.05) is 0 Å². The highest BCUT2D eigenvalue weighted by atomic mass is 16.4. The van der Waals surface area contributed by atoms with Crippen LogP contribution in [0.15, 0.2) is 21.3 Å². The van der Waals surface area contributed by atoms with Gasteiger partial charge in [0.2, 0.25) is 0 Å². The maximum atomic E-state index is 12.4. The summed E-state index contributed by atoms with van der Waals surface area (Å²) in [6.07, 6.45) is 1.68. The lowest BCUT2D eigenvalue weighted by Crippen LogP contribution is -2.09. The molecule has 3 rings (SSSR count). The van der Waals surface area contributed by atoms with Gasteiger partial charge < -0.3 is 9.52 Å². The van der Waals surface area contributed by atoms with Gasteiger partial charge >= 0.3 is 5.63 Å². The first-order chi connectivity index (χ1) is 9.90. The van der Waals surface area contributed by atoms with Crippen molar-refractivity contribution >= 4 is 0 Å². The van der Waals surface area contributed by atoms with Crippen LogP contribution in [0.5, 0.6) is 5.75 Å². The second-order valence-electron chi connectivity index (χ2n) is 6.17. The van der Waals surface area contributed by atoms with E-state index in [2.05, 4.69) is 0 Å². The standard InChI is InChI=1S/C18H20O3/c1-9-7-11(3)14(12(4)8-9)15-16(19)13-6-5-10(2)17(13)21-18(15)20/h7-8,10,19H,5-6H2,1-4H3. The number of benzene rings is 1. The lowest BCUT2D eigenvalue weighted by molar-refractivity contribution is 0.417. The highest BCUT2D eigenvalue weighted by Gasteiger charge is 2.29. The molecule has 3 nitrogen and oxygen atoms in total. The minimum Gasteiger partial charge on any atom is -0.507 e. The van der Waals surface area contributed by atoms with Crippen LogP contribution in [-0.2, 0) is 6.42 Å². The summed E-state index contributed by atoms with van der Waals surface area (Å²) in [7, 11) is 0. The van der Waals surface area contributed by atoms with Crippen LogP contribution in [0.4, 0.5) is 0 Å². The molecule has 1 atom stereocenters. The molecule has 0 saturated carbocycles. The highest BCUT2D eigenvalue weighted by molar-refractivity contribution is 5.76. The SMILES string of the molecule is Cc1cc(C)c(-c2c(O)c3c(oc2=O)C(C)CC3)c(C)c1. The van der Waals surface area contributed by atoms with Crippen LogP contribution in [0.3, 0.4) is 0 Å². The molecule has 0 fully saturated rings. The highest BCUT2D eigenvalue weighted by Crippen LogP contribution is 2.42.